The molecule has 2 aliphatic rings. The van der Waals surface area contributed by atoms with Gasteiger partial charge in [0.15, 0.2) is 0 Å². The summed E-state index contributed by atoms with van der Waals surface area (Å²) in [6.07, 6.45) is 7.08. The van der Waals surface area contributed by atoms with Crippen LogP contribution >= 0.6 is 0 Å². The first-order valence-corrected chi connectivity index (χ1v) is 7.66. The molecule has 2 aromatic rings. The topological polar surface area (TPSA) is 28.2 Å². The molecular weight excluding hydrogens is 246 g/mol. The van der Waals surface area contributed by atoms with Crippen LogP contribution in [0.25, 0.3) is 10.9 Å². The van der Waals surface area contributed by atoms with E-state index in [1.165, 1.54) is 36.8 Å². The van der Waals surface area contributed by atoms with Crippen LogP contribution in [0.5, 0.6) is 0 Å². The van der Waals surface area contributed by atoms with Crippen molar-refractivity contribution < 1.29 is 0 Å². The monoisotopic (exact) mass is 267 g/mol. The van der Waals surface area contributed by atoms with Gasteiger partial charge in [0.25, 0.3) is 0 Å². The van der Waals surface area contributed by atoms with Crippen molar-refractivity contribution in [3.8, 4) is 0 Å². The highest BCUT2D eigenvalue weighted by Crippen LogP contribution is 2.41. The fourth-order valence-corrected chi connectivity index (χ4v) is 4.10. The molecule has 2 atom stereocenters. The molecule has 0 radical (unpaired) electrons. The van der Waals surface area contributed by atoms with Crippen LogP contribution in [0.4, 0.5) is 5.69 Å². The second kappa shape index (κ2) is 4.74. The maximum Gasteiger partial charge on any atom is 0.0935 e. The van der Waals surface area contributed by atoms with Crippen LogP contribution in [0.15, 0.2) is 36.5 Å². The summed E-state index contributed by atoms with van der Waals surface area (Å²) >= 11 is 0. The van der Waals surface area contributed by atoms with Crippen molar-refractivity contribution in [3.05, 3.63) is 36.5 Å². The molecule has 0 amide bonds. The van der Waals surface area contributed by atoms with Crippen molar-refractivity contribution in [1.82, 2.24) is 10.3 Å². The summed E-state index contributed by atoms with van der Waals surface area (Å²) in [6, 6.07) is 12.8. The molecule has 3 nitrogen and oxygen atoms in total. The fourth-order valence-electron chi connectivity index (χ4n) is 4.10. The molecule has 2 bridgehead atoms. The van der Waals surface area contributed by atoms with E-state index in [1.807, 2.05) is 12.3 Å². The summed E-state index contributed by atoms with van der Waals surface area (Å²) in [5.41, 5.74) is 2.50. The number of pyridine rings is 1. The Morgan fingerprint density at radius 3 is 2.60 bits per heavy atom. The fraction of sp³-hybridized carbons (Fsp3) is 0.471. The molecule has 4 rings (SSSR count). The Bertz CT molecular complexity index is 605. The van der Waals surface area contributed by atoms with Crippen LogP contribution in [0.2, 0.25) is 0 Å². The summed E-state index contributed by atoms with van der Waals surface area (Å²) in [7, 11) is 2.10. The summed E-state index contributed by atoms with van der Waals surface area (Å²) in [5, 5.41) is 4.72. The third-order valence-corrected chi connectivity index (χ3v) is 5.03. The zero-order valence-electron chi connectivity index (χ0n) is 11.9. The van der Waals surface area contributed by atoms with Crippen LogP contribution in [-0.4, -0.2) is 30.2 Å². The van der Waals surface area contributed by atoms with E-state index in [4.69, 9.17) is 0 Å². The van der Waals surface area contributed by atoms with Crippen molar-refractivity contribution in [2.24, 2.45) is 0 Å². The van der Waals surface area contributed by atoms with Gasteiger partial charge in [-0.3, -0.25) is 4.98 Å². The predicted octanol–water partition coefficient (Wildman–Crippen LogP) is 2.95. The maximum absolute atomic E-state index is 4.63. The van der Waals surface area contributed by atoms with Crippen LogP contribution in [0.1, 0.15) is 25.7 Å². The third-order valence-electron chi connectivity index (χ3n) is 5.03. The van der Waals surface area contributed by atoms with E-state index in [1.54, 1.807) is 0 Å². The van der Waals surface area contributed by atoms with Crippen LogP contribution in [0, 0.1) is 0 Å². The van der Waals surface area contributed by atoms with Gasteiger partial charge >= 0.3 is 0 Å². The van der Waals surface area contributed by atoms with Gasteiger partial charge in [-0.1, -0.05) is 18.2 Å². The molecule has 2 saturated heterocycles. The van der Waals surface area contributed by atoms with Gasteiger partial charge in [-0.2, -0.15) is 0 Å². The van der Waals surface area contributed by atoms with Crippen molar-refractivity contribution in [2.75, 3.05) is 11.9 Å². The molecule has 1 aromatic heterocycles. The molecular formula is C17H21N3. The lowest BCUT2D eigenvalue weighted by Gasteiger charge is -2.40. The standard InChI is InChI=1S/C17H21N3/c1-18-13-10-14-7-8-15(11-13)20(14)16-6-2-4-12-5-3-9-19-17(12)16/h2-6,9,13-15,18H,7-8,10-11H2,1H3. The normalized spacial score (nSPS) is 29.1. The Morgan fingerprint density at radius 1 is 1.10 bits per heavy atom. The third kappa shape index (κ3) is 1.80. The van der Waals surface area contributed by atoms with Gasteiger partial charge in [-0.05, 0) is 44.9 Å². The largest absolute Gasteiger partial charge is 0.364 e. The summed E-state index contributed by atoms with van der Waals surface area (Å²) in [5.74, 6) is 0. The minimum absolute atomic E-state index is 0.679. The average Bonchev–Trinajstić information content (AvgIpc) is 2.76. The Balaban J connectivity index is 1.77. The first-order chi connectivity index (χ1) is 9.86. The first kappa shape index (κ1) is 12.2. The number of fused-ring (bicyclic) bond motifs is 3. The molecule has 2 unspecified atom stereocenters. The molecule has 3 heterocycles. The first-order valence-electron chi connectivity index (χ1n) is 7.66. The molecule has 2 aliphatic heterocycles. The van der Waals surface area contributed by atoms with Gasteiger partial charge in [0, 0.05) is 29.7 Å². The lowest BCUT2D eigenvalue weighted by molar-refractivity contribution is 0.374. The smallest absolute Gasteiger partial charge is 0.0935 e. The quantitative estimate of drug-likeness (QED) is 0.906. The molecule has 0 saturated carbocycles. The number of hydrogen-bond acceptors (Lipinski definition) is 3. The molecule has 3 heteroatoms. The number of benzene rings is 1. The van der Waals surface area contributed by atoms with E-state index in [-0.39, 0.29) is 0 Å². The lowest BCUT2D eigenvalue weighted by Crippen LogP contribution is -2.48. The Labute approximate surface area is 120 Å². The van der Waals surface area contributed by atoms with Crippen LogP contribution < -0.4 is 10.2 Å². The van der Waals surface area contributed by atoms with Gasteiger partial charge in [-0.25, -0.2) is 0 Å². The number of aromatic nitrogens is 1. The molecule has 20 heavy (non-hydrogen) atoms. The van der Waals surface area contributed by atoms with Gasteiger partial charge in [0.05, 0.1) is 11.2 Å². The van der Waals surface area contributed by atoms with E-state index >= 15 is 0 Å². The second-order valence-electron chi connectivity index (χ2n) is 6.10. The highest BCUT2D eigenvalue weighted by molar-refractivity contribution is 5.91. The zero-order chi connectivity index (χ0) is 13.5. The number of anilines is 1. The van der Waals surface area contributed by atoms with Gasteiger partial charge in [0.1, 0.15) is 0 Å². The number of rotatable bonds is 2. The maximum atomic E-state index is 4.63. The average molecular weight is 267 g/mol. The van der Waals surface area contributed by atoms with E-state index < -0.39 is 0 Å². The second-order valence-corrected chi connectivity index (χ2v) is 6.10. The number of hydrogen-bond donors (Lipinski definition) is 1. The zero-order valence-corrected chi connectivity index (χ0v) is 11.9. The van der Waals surface area contributed by atoms with Crippen LogP contribution in [0.3, 0.4) is 0 Å². The van der Waals surface area contributed by atoms with E-state index in [0.29, 0.717) is 18.1 Å². The molecule has 1 aromatic carbocycles. The van der Waals surface area contributed by atoms with Crippen molar-refractivity contribution in [1.29, 1.82) is 0 Å². The van der Waals surface area contributed by atoms with Gasteiger partial charge in [-0.15, -0.1) is 0 Å². The molecule has 104 valence electrons. The predicted molar refractivity (Wildman–Crippen MR) is 83.1 cm³/mol. The lowest BCUT2D eigenvalue weighted by atomic mass is 9.96. The Morgan fingerprint density at radius 2 is 1.85 bits per heavy atom. The number of nitrogens with zero attached hydrogens (tertiary/aromatic N) is 2. The van der Waals surface area contributed by atoms with E-state index in [0.717, 1.165) is 5.52 Å². The number of piperidine rings is 1. The van der Waals surface area contributed by atoms with Crippen molar-refractivity contribution in [3.63, 3.8) is 0 Å². The number of nitrogens with one attached hydrogen (secondary N) is 1. The molecule has 0 spiro atoms. The number of para-hydroxylation sites is 1. The summed E-state index contributed by atoms with van der Waals surface area (Å²) in [6.45, 7) is 0. The van der Waals surface area contributed by atoms with Gasteiger partial charge < -0.3 is 10.2 Å². The molecule has 1 N–H and O–H groups in total. The summed E-state index contributed by atoms with van der Waals surface area (Å²) < 4.78 is 0. The van der Waals surface area contributed by atoms with Gasteiger partial charge in [0.2, 0.25) is 0 Å². The SMILES string of the molecule is CNC1CC2CCC(C1)N2c1cccc2cccnc12. The highest BCUT2D eigenvalue weighted by Gasteiger charge is 2.40. The summed E-state index contributed by atoms with van der Waals surface area (Å²) in [4.78, 5) is 7.29. The minimum Gasteiger partial charge on any atom is -0.364 e. The Hall–Kier alpha value is -1.61. The molecule has 0 aliphatic carbocycles. The van der Waals surface area contributed by atoms with E-state index in [2.05, 4.69) is 46.5 Å². The van der Waals surface area contributed by atoms with E-state index in [9.17, 15) is 0 Å². The molecule has 2 fully saturated rings. The van der Waals surface area contributed by atoms with Crippen molar-refractivity contribution >= 4 is 16.6 Å². The highest BCUT2D eigenvalue weighted by atomic mass is 15.2. The minimum atomic E-state index is 0.679. The Kier molecular flexibility index (Phi) is 2.88. The van der Waals surface area contributed by atoms with Crippen molar-refractivity contribution in [2.45, 2.75) is 43.8 Å². The van der Waals surface area contributed by atoms with Crippen LogP contribution in [-0.2, 0) is 0 Å².